The third kappa shape index (κ3) is 3.91. The van der Waals surface area contributed by atoms with Gasteiger partial charge in [-0.2, -0.15) is 0 Å². The van der Waals surface area contributed by atoms with Crippen LogP contribution in [0.15, 0.2) is 41.0 Å². The standard InChI is InChI=1S/C19H23NO4/c1-13(2)19(20-18(21)8-6-15-4-3-9-22-15)14-5-7-16-17(12-14)24-11-10-23-16/h3-5,7,9,12-13,19H,6,8,10-11H2,1-2H3,(H,20,21)/t19-/m1/s1. The minimum Gasteiger partial charge on any atom is -0.486 e. The van der Waals surface area contributed by atoms with Crippen LogP contribution >= 0.6 is 0 Å². The molecule has 0 fully saturated rings. The van der Waals surface area contributed by atoms with Crippen LogP contribution in [0.2, 0.25) is 0 Å². The molecular formula is C19H23NO4. The Bertz CT molecular complexity index is 679. The Kier molecular flexibility index (Phi) is 5.08. The summed E-state index contributed by atoms with van der Waals surface area (Å²) in [5.74, 6) is 2.61. The molecule has 0 aliphatic carbocycles. The maximum Gasteiger partial charge on any atom is 0.220 e. The number of nitrogens with one attached hydrogen (secondary N) is 1. The maximum absolute atomic E-state index is 12.3. The molecule has 0 radical (unpaired) electrons. The second kappa shape index (κ2) is 7.43. The van der Waals surface area contributed by atoms with Crippen LogP contribution in [0, 0.1) is 5.92 Å². The second-order valence-corrected chi connectivity index (χ2v) is 6.27. The van der Waals surface area contributed by atoms with Crippen LogP contribution in [0.3, 0.4) is 0 Å². The average Bonchev–Trinajstić information content (AvgIpc) is 3.10. The summed E-state index contributed by atoms with van der Waals surface area (Å²) in [6.07, 6.45) is 2.63. The molecule has 5 heteroatoms. The van der Waals surface area contributed by atoms with E-state index >= 15 is 0 Å². The van der Waals surface area contributed by atoms with Gasteiger partial charge in [-0.3, -0.25) is 4.79 Å². The Morgan fingerprint density at radius 1 is 1.17 bits per heavy atom. The van der Waals surface area contributed by atoms with E-state index in [-0.39, 0.29) is 17.9 Å². The first-order chi connectivity index (χ1) is 11.6. The van der Waals surface area contributed by atoms with Gasteiger partial charge in [-0.05, 0) is 35.7 Å². The third-order valence-corrected chi connectivity index (χ3v) is 4.09. The highest BCUT2D eigenvalue weighted by molar-refractivity contribution is 5.76. The van der Waals surface area contributed by atoms with Crippen molar-refractivity contribution in [3.05, 3.63) is 47.9 Å². The maximum atomic E-state index is 12.3. The van der Waals surface area contributed by atoms with Crippen molar-refractivity contribution in [2.45, 2.75) is 32.7 Å². The molecule has 0 bridgehead atoms. The van der Waals surface area contributed by atoms with Crippen molar-refractivity contribution in [3.8, 4) is 11.5 Å². The molecule has 24 heavy (non-hydrogen) atoms. The van der Waals surface area contributed by atoms with E-state index in [1.807, 2.05) is 30.3 Å². The predicted octanol–water partition coefficient (Wildman–Crippen LogP) is 3.50. The molecule has 1 amide bonds. The fourth-order valence-electron chi connectivity index (χ4n) is 2.83. The van der Waals surface area contributed by atoms with Gasteiger partial charge in [0.2, 0.25) is 5.91 Å². The van der Waals surface area contributed by atoms with Gasteiger partial charge in [0.15, 0.2) is 11.5 Å². The van der Waals surface area contributed by atoms with E-state index in [1.54, 1.807) is 6.26 Å². The first-order valence-electron chi connectivity index (χ1n) is 8.35. The number of rotatable bonds is 6. The molecule has 128 valence electrons. The van der Waals surface area contributed by atoms with E-state index in [2.05, 4.69) is 19.2 Å². The van der Waals surface area contributed by atoms with Crippen molar-refractivity contribution < 1.29 is 18.7 Å². The molecule has 0 spiro atoms. The normalized spacial score (nSPS) is 14.5. The summed E-state index contributed by atoms with van der Waals surface area (Å²) in [5.41, 5.74) is 1.03. The van der Waals surface area contributed by atoms with Gasteiger partial charge in [-0.25, -0.2) is 0 Å². The Hall–Kier alpha value is -2.43. The molecule has 1 aromatic carbocycles. The molecule has 0 saturated heterocycles. The van der Waals surface area contributed by atoms with Gasteiger partial charge in [0, 0.05) is 12.8 Å². The summed E-state index contributed by atoms with van der Waals surface area (Å²) in [6.45, 7) is 5.31. The molecule has 2 heterocycles. The summed E-state index contributed by atoms with van der Waals surface area (Å²) < 4.78 is 16.5. The summed E-state index contributed by atoms with van der Waals surface area (Å²) in [4.78, 5) is 12.3. The first-order valence-corrected chi connectivity index (χ1v) is 8.35. The minimum absolute atomic E-state index is 0.0139. The largest absolute Gasteiger partial charge is 0.486 e. The lowest BCUT2D eigenvalue weighted by molar-refractivity contribution is -0.122. The number of hydrogen-bond acceptors (Lipinski definition) is 4. The summed E-state index contributed by atoms with van der Waals surface area (Å²) in [5, 5.41) is 3.13. The quantitative estimate of drug-likeness (QED) is 0.881. The number of furan rings is 1. The van der Waals surface area contributed by atoms with Crippen molar-refractivity contribution in [1.29, 1.82) is 0 Å². The molecule has 3 rings (SSSR count). The highest BCUT2D eigenvalue weighted by atomic mass is 16.6. The van der Waals surface area contributed by atoms with Crippen molar-refractivity contribution in [1.82, 2.24) is 5.32 Å². The molecule has 0 unspecified atom stereocenters. The monoisotopic (exact) mass is 329 g/mol. The number of fused-ring (bicyclic) bond motifs is 1. The third-order valence-electron chi connectivity index (χ3n) is 4.09. The number of aryl methyl sites for hydroxylation is 1. The average molecular weight is 329 g/mol. The zero-order valence-corrected chi connectivity index (χ0v) is 14.1. The number of ether oxygens (including phenoxy) is 2. The van der Waals surface area contributed by atoms with Gasteiger partial charge in [0.05, 0.1) is 12.3 Å². The Labute approximate surface area is 141 Å². The molecule has 0 saturated carbocycles. The Morgan fingerprint density at radius 2 is 1.96 bits per heavy atom. The van der Waals surface area contributed by atoms with E-state index < -0.39 is 0 Å². The Morgan fingerprint density at radius 3 is 2.67 bits per heavy atom. The van der Waals surface area contributed by atoms with Gasteiger partial charge < -0.3 is 19.2 Å². The molecule has 1 atom stereocenters. The van der Waals surface area contributed by atoms with Crippen LogP contribution in [0.4, 0.5) is 0 Å². The fraction of sp³-hybridized carbons (Fsp3) is 0.421. The zero-order chi connectivity index (χ0) is 16.9. The van der Waals surface area contributed by atoms with Crippen LogP contribution < -0.4 is 14.8 Å². The van der Waals surface area contributed by atoms with Gasteiger partial charge in [-0.1, -0.05) is 19.9 Å². The SMILES string of the molecule is CC(C)[C@@H](NC(=O)CCc1ccco1)c1ccc2c(c1)OCCO2. The Balaban J connectivity index is 1.67. The van der Waals surface area contributed by atoms with Gasteiger partial charge in [0.1, 0.15) is 19.0 Å². The van der Waals surface area contributed by atoms with Crippen LogP contribution in [0.1, 0.15) is 37.6 Å². The van der Waals surface area contributed by atoms with Crippen LogP contribution in [-0.2, 0) is 11.2 Å². The molecule has 1 aromatic heterocycles. The lowest BCUT2D eigenvalue weighted by Gasteiger charge is -2.25. The van der Waals surface area contributed by atoms with E-state index in [9.17, 15) is 4.79 Å². The van der Waals surface area contributed by atoms with E-state index in [4.69, 9.17) is 13.9 Å². The lowest BCUT2D eigenvalue weighted by Crippen LogP contribution is -2.32. The zero-order valence-electron chi connectivity index (χ0n) is 14.1. The van der Waals surface area contributed by atoms with Crippen molar-refractivity contribution in [2.24, 2.45) is 5.92 Å². The van der Waals surface area contributed by atoms with Crippen LogP contribution in [0.25, 0.3) is 0 Å². The van der Waals surface area contributed by atoms with Crippen LogP contribution in [-0.4, -0.2) is 19.1 Å². The highest BCUT2D eigenvalue weighted by Gasteiger charge is 2.21. The second-order valence-electron chi connectivity index (χ2n) is 6.27. The molecule has 5 nitrogen and oxygen atoms in total. The number of benzene rings is 1. The van der Waals surface area contributed by atoms with E-state index in [0.29, 0.717) is 26.1 Å². The number of carbonyl (C=O) groups is 1. The minimum atomic E-state index is -0.0649. The summed E-state index contributed by atoms with van der Waals surface area (Å²) in [7, 11) is 0. The first kappa shape index (κ1) is 16.4. The fourth-order valence-corrected chi connectivity index (χ4v) is 2.83. The predicted molar refractivity (Wildman–Crippen MR) is 90.2 cm³/mol. The van der Waals surface area contributed by atoms with E-state index in [1.165, 1.54) is 0 Å². The molecule has 1 aliphatic heterocycles. The number of amides is 1. The van der Waals surface area contributed by atoms with Crippen molar-refractivity contribution in [3.63, 3.8) is 0 Å². The highest BCUT2D eigenvalue weighted by Crippen LogP contribution is 2.34. The summed E-state index contributed by atoms with van der Waals surface area (Å²) >= 11 is 0. The number of carbonyl (C=O) groups excluding carboxylic acids is 1. The van der Waals surface area contributed by atoms with Crippen LogP contribution in [0.5, 0.6) is 11.5 Å². The van der Waals surface area contributed by atoms with Crippen molar-refractivity contribution >= 4 is 5.91 Å². The summed E-state index contributed by atoms with van der Waals surface area (Å²) in [6, 6.07) is 9.52. The van der Waals surface area contributed by atoms with Crippen molar-refractivity contribution in [2.75, 3.05) is 13.2 Å². The molecule has 1 N–H and O–H groups in total. The number of hydrogen-bond donors (Lipinski definition) is 1. The van der Waals surface area contributed by atoms with Gasteiger partial charge >= 0.3 is 0 Å². The molecular weight excluding hydrogens is 306 g/mol. The van der Waals surface area contributed by atoms with E-state index in [0.717, 1.165) is 22.8 Å². The molecule has 2 aromatic rings. The van der Waals surface area contributed by atoms with Gasteiger partial charge in [-0.15, -0.1) is 0 Å². The smallest absolute Gasteiger partial charge is 0.220 e. The topological polar surface area (TPSA) is 60.7 Å². The molecule has 1 aliphatic rings. The van der Waals surface area contributed by atoms with Gasteiger partial charge in [0.25, 0.3) is 0 Å². The lowest BCUT2D eigenvalue weighted by atomic mass is 9.95.